The SMILES string of the molecule is CC(CCN)c1c2c(cc3c1OCCC3)OCCC2. The van der Waals surface area contributed by atoms with Crippen LogP contribution in [0.25, 0.3) is 0 Å². The molecule has 0 bridgehead atoms. The molecule has 1 aromatic rings. The number of aryl methyl sites for hydroxylation is 1. The van der Waals surface area contributed by atoms with Gasteiger partial charge in [-0.25, -0.2) is 0 Å². The number of fused-ring (bicyclic) bond motifs is 2. The molecule has 2 heterocycles. The summed E-state index contributed by atoms with van der Waals surface area (Å²) in [5.74, 6) is 2.68. The molecule has 0 aromatic heterocycles. The minimum atomic E-state index is 0.452. The Morgan fingerprint density at radius 3 is 2.84 bits per heavy atom. The van der Waals surface area contributed by atoms with Crippen molar-refractivity contribution < 1.29 is 9.47 Å². The maximum atomic E-state index is 5.99. The first-order chi connectivity index (χ1) is 9.31. The van der Waals surface area contributed by atoms with Gasteiger partial charge in [-0.15, -0.1) is 0 Å². The first kappa shape index (κ1) is 12.8. The van der Waals surface area contributed by atoms with E-state index in [-0.39, 0.29) is 0 Å². The van der Waals surface area contributed by atoms with Gasteiger partial charge in [0.05, 0.1) is 13.2 Å². The van der Waals surface area contributed by atoms with Gasteiger partial charge < -0.3 is 15.2 Å². The second-order valence-corrected chi connectivity index (χ2v) is 5.64. The lowest BCUT2D eigenvalue weighted by molar-refractivity contribution is 0.267. The summed E-state index contributed by atoms with van der Waals surface area (Å²) >= 11 is 0. The summed E-state index contributed by atoms with van der Waals surface area (Å²) in [6.07, 6.45) is 5.43. The van der Waals surface area contributed by atoms with Crippen molar-refractivity contribution in [2.45, 2.75) is 44.9 Å². The van der Waals surface area contributed by atoms with Crippen molar-refractivity contribution in [1.29, 1.82) is 0 Å². The summed E-state index contributed by atoms with van der Waals surface area (Å²) < 4.78 is 11.9. The molecule has 2 N–H and O–H groups in total. The lowest BCUT2D eigenvalue weighted by Gasteiger charge is -2.30. The Labute approximate surface area is 115 Å². The van der Waals surface area contributed by atoms with Crippen LogP contribution >= 0.6 is 0 Å². The molecule has 0 radical (unpaired) electrons. The van der Waals surface area contributed by atoms with Crippen molar-refractivity contribution in [2.75, 3.05) is 19.8 Å². The molecular formula is C16H23NO2. The molecule has 0 amide bonds. The third-order valence-electron chi connectivity index (χ3n) is 4.22. The van der Waals surface area contributed by atoms with E-state index in [1.54, 1.807) is 0 Å². The maximum Gasteiger partial charge on any atom is 0.126 e. The molecule has 1 aromatic carbocycles. The Hall–Kier alpha value is -1.22. The van der Waals surface area contributed by atoms with Gasteiger partial charge in [-0.05, 0) is 56.2 Å². The van der Waals surface area contributed by atoms with E-state index >= 15 is 0 Å². The van der Waals surface area contributed by atoms with Crippen molar-refractivity contribution in [2.24, 2.45) is 5.73 Å². The van der Waals surface area contributed by atoms with Gasteiger partial charge in [-0.3, -0.25) is 0 Å². The molecule has 0 spiro atoms. The molecule has 0 saturated carbocycles. The van der Waals surface area contributed by atoms with E-state index in [0.717, 1.165) is 63.4 Å². The van der Waals surface area contributed by atoms with Crippen molar-refractivity contribution in [3.05, 3.63) is 22.8 Å². The smallest absolute Gasteiger partial charge is 0.126 e. The van der Waals surface area contributed by atoms with Crippen LogP contribution in [0.5, 0.6) is 11.5 Å². The largest absolute Gasteiger partial charge is 0.493 e. The van der Waals surface area contributed by atoms with Gasteiger partial charge in [0.1, 0.15) is 11.5 Å². The van der Waals surface area contributed by atoms with Crippen molar-refractivity contribution in [1.82, 2.24) is 0 Å². The highest BCUT2D eigenvalue weighted by Gasteiger charge is 2.26. The fourth-order valence-corrected chi connectivity index (χ4v) is 3.28. The molecule has 19 heavy (non-hydrogen) atoms. The summed E-state index contributed by atoms with van der Waals surface area (Å²) in [5.41, 5.74) is 9.81. The molecule has 2 aliphatic heterocycles. The van der Waals surface area contributed by atoms with Crippen LogP contribution in [-0.2, 0) is 12.8 Å². The number of nitrogens with two attached hydrogens (primary N) is 1. The molecule has 1 unspecified atom stereocenters. The zero-order chi connectivity index (χ0) is 13.2. The Morgan fingerprint density at radius 1 is 1.21 bits per heavy atom. The highest BCUT2D eigenvalue weighted by Crippen LogP contribution is 2.43. The van der Waals surface area contributed by atoms with Gasteiger partial charge in [-0.2, -0.15) is 0 Å². The first-order valence-corrected chi connectivity index (χ1v) is 7.45. The molecule has 3 heteroatoms. The number of hydrogen-bond acceptors (Lipinski definition) is 3. The Kier molecular flexibility index (Phi) is 3.65. The number of rotatable bonds is 3. The van der Waals surface area contributed by atoms with Crippen molar-refractivity contribution in [3.8, 4) is 11.5 Å². The van der Waals surface area contributed by atoms with E-state index in [0.29, 0.717) is 5.92 Å². The van der Waals surface area contributed by atoms with E-state index in [4.69, 9.17) is 15.2 Å². The van der Waals surface area contributed by atoms with Gasteiger partial charge in [0.2, 0.25) is 0 Å². The quantitative estimate of drug-likeness (QED) is 0.910. The maximum absolute atomic E-state index is 5.99. The number of hydrogen-bond donors (Lipinski definition) is 1. The minimum Gasteiger partial charge on any atom is -0.493 e. The highest BCUT2D eigenvalue weighted by molar-refractivity contribution is 5.56. The molecule has 2 aliphatic rings. The van der Waals surface area contributed by atoms with Gasteiger partial charge >= 0.3 is 0 Å². The predicted molar refractivity (Wildman–Crippen MR) is 76.2 cm³/mol. The topological polar surface area (TPSA) is 44.5 Å². The number of benzene rings is 1. The fraction of sp³-hybridized carbons (Fsp3) is 0.625. The summed E-state index contributed by atoms with van der Waals surface area (Å²) in [6.45, 7) is 4.67. The van der Waals surface area contributed by atoms with Crippen LogP contribution in [0.3, 0.4) is 0 Å². The van der Waals surface area contributed by atoms with Gasteiger partial charge in [-0.1, -0.05) is 6.92 Å². The fourth-order valence-electron chi connectivity index (χ4n) is 3.28. The minimum absolute atomic E-state index is 0.452. The highest BCUT2D eigenvalue weighted by atomic mass is 16.5. The van der Waals surface area contributed by atoms with Gasteiger partial charge in [0.15, 0.2) is 0 Å². The van der Waals surface area contributed by atoms with E-state index in [1.165, 1.54) is 16.7 Å². The third-order valence-corrected chi connectivity index (χ3v) is 4.22. The van der Waals surface area contributed by atoms with Crippen molar-refractivity contribution in [3.63, 3.8) is 0 Å². The molecule has 3 rings (SSSR count). The summed E-state index contributed by atoms with van der Waals surface area (Å²) in [6, 6.07) is 2.21. The standard InChI is InChI=1S/C16H23NO2/c1-11(6-7-17)15-13-5-3-8-18-14(13)10-12-4-2-9-19-16(12)15/h10-11H,2-9,17H2,1H3. The molecular weight excluding hydrogens is 238 g/mol. The Morgan fingerprint density at radius 2 is 2.00 bits per heavy atom. The molecule has 104 valence electrons. The van der Waals surface area contributed by atoms with Gasteiger partial charge in [0.25, 0.3) is 0 Å². The summed E-state index contributed by atoms with van der Waals surface area (Å²) in [5, 5.41) is 0. The predicted octanol–water partition coefficient (Wildman–Crippen LogP) is 2.79. The second-order valence-electron chi connectivity index (χ2n) is 5.64. The lowest BCUT2D eigenvalue weighted by Crippen LogP contribution is -2.18. The van der Waals surface area contributed by atoms with E-state index in [1.807, 2.05) is 0 Å². The molecule has 3 nitrogen and oxygen atoms in total. The van der Waals surface area contributed by atoms with Crippen LogP contribution in [0.15, 0.2) is 6.07 Å². The molecule has 0 fully saturated rings. The van der Waals surface area contributed by atoms with Crippen LogP contribution in [0, 0.1) is 0 Å². The van der Waals surface area contributed by atoms with Crippen molar-refractivity contribution >= 4 is 0 Å². The van der Waals surface area contributed by atoms with Crippen LogP contribution in [-0.4, -0.2) is 19.8 Å². The van der Waals surface area contributed by atoms with E-state index < -0.39 is 0 Å². The molecule has 0 saturated heterocycles. The summed E-state index contributed by atoms with van der Waals surface area (Å²) in [4.78, 5) is 0. The molecule has 0 aliphatic carbocycles. The van der Waals surface area contributed by atoms with E-state index in [9.17, 15) is 0 Å². The van der Waals surface area contributed by atoms with Crippen LogP contribution < -0.4 is 15.2 Å². The third kappa shape index (κ3) is 2.32. The Balaban J connectivity index is 2.11. The number of ether oxygens (including phenoxy) is 2. The zero-order valence-corrected chi connectivity index (χ0v) is 11.7. The molecule has 1 atom stereocenters. The van der Waals surface area contributed by atoms with Crippen LogP contribution in [0.4, 0.5) is 0 Å². The van der Waals surface area contributed by atoms with Crippen LogP contribution in [0.1, 0.15) is 48.8 Å². The monoisotopic (exact) mass is 261 g/mol. The Bertz CT molecular complexity index is 436. The van der Waals surface area contributed by atoms with Crippen LogP contribution in [0.2, 0.25) is 0 Å². The average Bonchev–Trinajstić information content (AvgIpc) is 2.44. The van der Waals surface area contributed by atoms with Gasteiger partial charge in [0, 0.05) is 11.1 Å². The zero-order valence-electron chi connectivity index (χ0n) is 11.7. The first-order valence-electron chi connectivity index (χ1n) is 7.45. The average molecular weight is 261 g/mol. The van der Waals surface area contributed by atoms with E-state index in [2.05, 4.69) is 13.0 Å². The second kappa shape index (κ2) is 5.41. The normalized spacial score (nSPS) is 18.8. The summed E-state index contributed by atoms with van der Waals surface area (Å²) in [7, 11) is 0. The lowest BCUT2D eigenvalue weighted by atomic mass is 9.85.